The number of carbonyl (C=O) groups excluding carboxylic acids is 1. The zero-order valence-electron chi connectivity index (χ0n) is 26.0. The molecule has 0 radical (unpaired) electrons. The smallest absolute Gasteiger partial charge is 0.382 e. The first kappa shape index (κ1) is 32.5. The molecule has 16 heteroatoms. The maximum Gasteiger partial charge on any atom is 0.415 e. The Balaban J connectivity index is 1.16. The summed E-state index contributed by atoms with van der Waals surface area (Å²) in [6.07, 6.45) is 0.557. The van der Waals surface area contributed by atoms with E-state index >= 15 is 0 Å². The topological polar surface area (TPSA) is 126 Å². The number of aromatic nitrogens is 7. The van der Waals surface area contributed by atoms with Crippen LogP contribution in [0.15, 0.2) is 73.4 Å². The molecule has 11 nitrogen and oxygen atoms in total. The maximum absolute atomic E-state index is 13.8. The standard InChI is InChI=1S/C33H29F4N9O2S/c1-19-30(49-32(40-19)21-3-2-12-38-15-21)31(48)42-26-17-46-27(41-26)9-8-24(43-46)29-28(20-4-6-22(34)7-5-20)39-18-45(29)23-10-13-44(14-11-23)16-25(47)33(35,36)37/h2-9,12,15,17-18,23,25,47H,10-11,13-14,16H2,1H3,(H,42,48)/t25-/m0/s1. The van der Waals surface area contributed by atoms with E-state index in [0.29, 0.717) is 69.8 Å². The van der Waals surface area contributed by atoms with Gasteiger partial charge >= 0.3 is 6.18 Å². The van der Waals surface area contributed by atoms with E-state index in [9.17, 15) is 27.5 Å². The van der Waals surface area contributed by atoms with Crippen molar-refractivity contribution >= 4 is 28.7 Å². The quantitative estimate of drug-likeness (QED) is 0.185. The van der Waals surface area contributed by atoms with Gasteiger partial charge in [-0.2, -0.15) is 18.3 Å². The first-order valence-corrected chi connectivity index (χ1v) is 16.2. The number of anilines is 1. The largest absolute Gasteiger partial charge is 0.415 e. The van der Waals surface area contributed by atoms with Gasteiger partial charge in [0.1, 0.15) is 21.4 Å². The van der Waals surface area contributed by atoms with E-state index in [2.05, 4.69) is 25.3 Å². The van der Waals surface area contributed by atoms with E-state index < -0.39 is 24.6 Å². The summed E-state index contributed by atoms with van der Waals surface area (Å²) in [5.41, 5.74) is 4.24. The number of aliphatic hydroxyl groups excluding tert-OH is 1. The summed E-state index contributed by atoms with van der Waals surface area (Å²) in [4.78, 5) is 33.1. The highest BCUT2D eigenvalue weighted by Gasteiger charge is 2.39. The number of imidazole rings is 2. The number of thiazole rings is 1. The molecule has 2 N–H and O–H groups in total. The number of alkyl halides is 3. The molecule has 0 aliphatic carbocycles. The molecule has 1 amide bonds. The number of rotatable bonds is 8. The Morgan fingerprint density at radius 1 is 1.08 bits per heavy atom. The van der Waals surface area contributed by atoms with Gasteiger partial charge in [0.15, 0.2) is 17.6 Å². The van der Waals surface area contributed by atoms with Crippen molar-refractivity contribution in [3.05, 3.63) is 89.8 Å². The van der Waals surface area contributed by atoms with Crippen molar-refractivity contribution in [2.45, 2.75) is 38.1 Å². The first-order chi connectivity index (χ1) is 23.5. The van der Waals surface area contributed by atoms with Crippen LogP contribution < -0.4 is 5.32 Å². The molecule has 1 aliphatic rings. The molecular formula is C33H29F4N9O2S. The summed E-state index contributed by atoms with van der Waals surface area (Å²) in [6.45, 7) is 1.97. The summed E-state index contributed by atoms with van der Waals surface area (Å²) >= 11 is 1.25. The van der Waals surface area contributed by atoms with Crippen LogP contribution >= 0.6 is 11.3 Å². The number of aryl methyl sites for hydroxylation is 1. The molecule has 6 heterocycles. The molecule has 1 atom stereocenters. The van der Waals surface area contributed by atoms with Gasteiger partial charge in [0.05, 0.1) is 29.6 Å². The maximum atomic E-state index is 13.8. The molecule has 1 aromatic carbocycles. The zero-order valence-corrected chi connectivity index (χ0v) is 26.8. The fourth-order valence-electron chi connectivity index (χ4n) is 5.90. The molecule has 1 aliphatic heterocycles. The van der Waals surface area contributed by atoms with Crippen molar-refractivity contribution in [3.8, 4) is 33.2 Å². The van der Waals surface area contributed by atoms with Gasteiger partial charge in [-0.3, -0.25) is 9.78 Å². The van der Waals surface area contributed by atoms with Crippen LogP contribution in [0.25, 0.3) is 38.9 Å². The summed E-state index contributed by atoms with van der Waals surface area (Å²) in [5, 5.41) is 17.9. The molecular weight excluding hydrogens is 662 g/mol. The average Bonchev–Trinajstić information content (AvgIpc) is 3.81. The molecule has 7 rings (SSSR count). The highest BCUT2D eigenvalue weighted by Crippen LogP contribution is 2.36. The van der Waals surface area contributed by atoms with Crippen LogP contribution in [-0.4, -0.2) is 81.9 Å². The van der Waals surface area contributed by atoms with Crippen LogP contribution in [0.4, 0.5) is 23.4 Å². The summed E-state index contributed by atoms with van der Waals surface area (Å²) in [6, 6.07) is 13.0. The Morgan fingerprint density at radius 2 is 1.86 bits per heavy atom. The lowest BCUT2D eigenvalue weighted by Gasteiger charge is -2.34. The number of fused-ring (bicyclic) bond motifs is 1. The van der Waals surface area contributed by atoms with Crippen LogP contribution in [0.3, 0.4) is 0 Å². The van der Waals surface area contributed by atoms with Crippen LogP contribution in [0.1, 0.15) is 34.2 Å². The van der Waals surface area contributed by atoms with E-state index in [1.165, 1.54) is 23.5 Å². The number of amides is 1. The Labute approximate surface area is 280 Å². The van der Waals surface area contributed by atoms with Crippen LogP contribution in [0.5, 0.6) is 0 Å². The lowest BCUT2D eigenvalue weighted by molar-refractivity contribution is -0.208. The highest BCUT2D eigenvalue weighted by molar-refractivity contribution is 7.17. The first-order valence-electron chi connectivity index (χ1n) is 15.4. The molecule has 5 aromatic heterocycles. The number of hydrogen-bond acceptors (Lipinski definition) is 9. The molecule has 49 heavy (non-hydrogen) atoms. The molecule has 0 unspecified atom stereocenters. The van der Waals surface area contributed by atoms with Crippen molar-refractivity contribution in [2.24, 2.45) is 0 Å². The molecule has 0 spiro atoms. The van der Waals surface area contributed by atoms with E-state index in [4.69, 9.17) is 5.10 Å². The molecule has 0 bridgehead atoms. The lowest BCUT2D eigenvalue weighted by Crippen LogP contribution is -2.44. The highest BCUT2D eigenvalue weighted by atomic mass is 32.1. The third-order valence-corrected chi connectivity index (χ3v) is 9.59. The number of piperidine rings is 1. The number of pyridine rings is 1. The summed E-state index contributed by atoms with van der Waals surface area (Å²) in [5.74, 6) is -0.474. The number of benzene rings is 1. The van der Waals surface area contributed by atoms with Crippen LogP contribution in [0, 0.1) is 12.7 Å². The number of likely N-dealkylation sites (tertiary alicyclic amines) is 1. The van der Waals surface area contributed by atoms with Crippen molar-refractivity contribution in [1.82, 2.24) is 39.0 Å². The second-order valence-corrected chi connectivity index (χ2v) is 12.7. The number of nitrogens with one attached hydrogen (secondary N) is 1. The minimum Gasteiger partial charge on any atom is -0.382 e. The molecule has 1 fully saturated rings. The SMILES string of the molecule is Cc1nc(-c2cccnc2)sc1C(=O)Nc1cn2nc(-c3c(-c4ccc(F)cc4)ncn3C3CCN(C[C@H](O)C(F)(F)F)CC3)ccc2n1. The molecule has 6 aromatic rings. The fraction of sp³-hybridized carbons (Fsp3) is 0.273. The number of aliphatic hydroxyl groups is 1. The minimum absolute atomic E-state index is 0.120. The average molecular weight is 692 g/mol. The van der Waals surface area contributed by atoms with Crippen LogP contribution in [-0.2, 0) is 0 Å². The van der Waals surface area contributed by atoms with E-state index in [0.717, 1.165) is 5.56 Å². The van der Waals surface area contributed by atoms with Gasteiger partial charge < -0.3 is 19.9 Å². The number of hydrogen-bond donors (Lipinski definition) is 2. The lowest BCUT2D eigenvalue weighted by atomic mass is 10.0. The van der Waals surface area contributed by atoms with E-state index in [-0.39, 0.29) is 17.8 Å². The van der Waals surface area contributed by atoms with Crippen LogP contribution in [0.2, 0.25) is 0 Å². The second-order valence-electron chi connectivity index (χ2n) is 11.7. The predicted octanol–water partition coefficient (Wildman–Crippen LogP) is 6.04. The van der Waals surface area contributed by atoms with E-state index in [1.54, 1.807) is 71.6 Å². The number of β-amino-alcohol motifs (C(OH)–C–C–N with tert-alkyl or cyclic N) is 1. The summed E-state index contributed by atoms with van der Waals surface area (Å²) < 4.78 is 56.2. The number of halogens is 4. The van der Waals surface area contributed by atoms with Gasteiger partial charge in [0, 0.05) is 49.2 Å². The Kier molecular flexibility index (Phi) is 8.68. The van der Waals surface area contributed by atoms with Crippen molar-refractivity contribution in [1.29, 1.82) is 0 Å². The number of carbonyl (C=O) groups is 1. The van der Waals surface area contributed by atoms with Gasteiger partial charge in [-0.25, -0.2) is 23.9 Å². The third-order valence-electron chi connectivity index (χ3n) is 8.39. The van der Waals surface area contributed by atoms with Gasteiger partial charge in [0.25, 0.3) is 5.91 Å². The van der Waals surface area contributed by atoms with Crippen molar-refractivity contribution < 1.29 is 27.5 Å². The predicted molar refractivity (Wildman–Crippen MR) is 174 cm³/mol. The molecule has 252 valence electrons. The van der Waals surface area contributed by atoms with Gasteiger partial charge in [-0.1, -0.05) is 0 Å². The summed E-state index contributed by atoms with van der Waals surface area (Å²) in [7, 11) is 0. The van der Waals surface area contributed by atoms with Crippen molar-refractivity contribution in [2.75, 3.05) is 25.0 Å². The Hall–Kier alpha value is -5.06. The molecule has 0 saturated carbocycles. The zero-order chi connectivity index (χ0) is 34.3. The molecule has 1 saturated heterocycles. The van der Waals surface area contributed by atoms with Crippen molar-refractivity contribution in [3.63, 3.8) is 0 Å². The van der Waals surface area contributed by atoms with Gasteiger partial charge in [0.2, 0.25) is 0 Å². The normalized spacial score (nSPS) is 15.1. The fourth-order valence-corrected chi connectivity index (χ4v) is 6.85. The van der Waals surface area contributed by atoms with Gasteiger partial charge in [-0.05, 0) is 68.3 Å². The van der Waals surface area contributed by atoms with Gasteiger partial charge in [-0.15, -0.1) is 11.3 Å². The van der Waals surface area contributed by atoms with E-state index in [1.807, 2.05) is 10.6 Å². The Morgan fingerprint density at radius 3 is 2.57 bits per heavy atom. The Bertz CT molecular complexity index is 2100. The number of nitrogens with zero attached hydrogens (tertiary/aromatic N) is 8. The minimum atomic E-state index is -4.68. The second kappa shape index (κ2) is 13.1. The monoisotopic (exact) mass is 691 g/mol. The third kappa shape index (κ3) is 6.79.